The summed E-state index contributed by atoms with van der Waals surface area (Å²) >= 11 is 0. The maximum Gasteiger partial charge on any atom is 0.266 e. The van der Waals surface area contributed by atoms with E-state index in [0.717, 1.165) is 5.56 Å². The third-order valence-electron chi connectivity index (χ3n) is 2.75. The van der Waals surface area contributed by atoms with Crippen molar-refractivity contribution in [1.82, 2.24) is 0 Å². The minimum atomic E-state index is -2.76. The van der Waals surface area contributed by atoms with Gasteiger partial charge in [-0.05, 0) is 43.0 Å². The van der Waals surface area contributed by atoms with Gasteiger partial charge < -0.3 is 5.73 Å². The van der Waals surface area contributed by atoms with E-state index < -0.39 is 17.8 Å². The molecule has 1 unspecified atom stereocenters. The Bertz CT molecular complexity index is 340. The van der Waals surface area contributed by atoms with Gasteiger partial charge in [0.05, 0.1) is 5.56 Å². The van der Waals surface area contributed by atoms with Gasteiger partial charge in [0.2, 0.25) is 0 Å². The van der Waals surface area contributed by atoms with Gasteiger partial charge in [-0.15, -0.1) is 0 Å². The molecular formula is C12H16F3N. The second-order valence-electron chi connectivity index (χ2n) is 4.01. The Morgan fingerprint density at radius 3 is 2.38 bits per heavy atom. The van der Waals surface area contributed by atoms with Gasteiger partial charge in [0.15, 0.2) is 0 Å². The first kappa shape index (κ1) is 13.0. The normalized spacial score (nSPS) is 13.2. The summed E-state index contributed by atoms with van der Waals surface area (Å²) in [5.74, 6) is -0.737. The van der Waals surface area contributed by atoms with E-state index in [9.17, 15) is 13.2 Å². The highest BCUT2D eigenvalue weighted by atomic mass is 19.3. The molecule has 1 atom stereocenters. The molecule has 0 fully saturated rings. The highest BCUT2D eigenvalue weighted by Gasteiger charge is 2.18. The van der Waals surface area contributed by atoms with Gasteiger partial charge >= 0.3 is 0 Å². The summed E-state index contributed by atoms with van der Waals surface area (Å²) in [6.07, 6.45) is -2.05. The Balaban J connectivity index is 3.09. The molecular weight excluding hydrogens is 215 g/mol. The van der Waals surface area contributed by atoms with Crippen molar-refractivity contribution in [1.29, 1.82) is 0 Å². The number of hydrogen-bond donors (Lipinski definition) is 1. The predicted molar refractivity (Wildman–Crippen MR) is 58.2 cm³/mol. The Kier molecular flexibility index (Phi) is 4.35. The van der Waals surface area contributed by atoms with Crippen molar-refractivity contribution in [2.45, 2.75) is 32.6 Å². The fraction of sp³-hybridized carbons (Fsp3) is 0.500. The molecule has 0 saturated heterocycles. The number of nitrogens with two attached hydrogens (primary N) is 1. The van der Waals surface area contributed by atoms with Crippen LogP contribution in [0.3, 0.4) is 0 Å². The molecule has 1 aromatic rings. The largest absolute Gasteiger partial charge is 0.330 e. The summed E-state index contributed by atoms with van der Waals surface area (Å²) in [5, 5.41) is 0. The summed E-state index contributed by atoms with van der Waals surface area (Å²) in [7, 11) is 0. The molecule has 1 aromatic carbocycles. The minimum absolute atomic E-state index is 0.0879. The van der Waals surface area contributed by atoms with Crippen LogP contribution >= 0.6 is 0 Å². The Morgan fingerprint density at radius 2 is 1.94 bits per heavy atom. The van der Waals surface area contributed by atoms with Crippen LogP contribution in [0.2, 0.25) is 0 Å². The van der Waals surface area contributed by atoms with Gasteiger partial charge in [-0.25, -0.2) is 13.2 Å². The number of benzene rings is 1. The molecule has 0 amide bonds. The Labute approximate surface area is 93.5 Å². The molecule has 0 bridgehead atoms. The van der Waals surface area contributed by atoms with Gasteiger partial charge in [-0.3, -0.25) is 0 Å². The highest BCUT2D eigenvalue weighted by Crippen LogP contribution is 2.29. The van der Waals surface area contributed by atoms with Gasteiger partial charge in [0, 0.05) is 0 Å². The zero-order valence-corrected chi connectivity index (χ0v) is 9.43. The average Bonchev–Trinajstić information content (AvgIpc) is 2.16. The molecule has 4 heteroatoms. The van der Waals surface area contributed by atoms with E-state index >= 15 is 0 Å². The lowest BCUT2D eigenvalue weighted by Crippen LogP contribution is -2.06. The minimum Gasteiger partial charge on any atom is -0.330 e. The van der Waals surface area contributed by atoms with Crippen LogP contribution in [0.15, 0.2) is 12.1 Å². The monoisotopic (exact) mass is 231 g/mol. The number of alkyl halides is 2. The van der Waals surface area contributed by atoms with Crippen LogP contribution in [0, 0.1) is 12.7 Å². The highest BCUT2D eigenvalue weighted by molar-refractivity contribution is 5.34. The average molecular weight is 231 g/mol. The van der Waals surface area contributed by atoms with Crippen LogP contribution in [0.25, 0.3) is 0 Å². The van der Waals surface area contributed by atoms with Crippen molar-refractivity contribution in [3.05, 3.63) is 34.6 Å². The molecule has 0 heterocycles. The first-order valence-electron chi connectivity index (χ1n) is 5.25. The zero-order valence-electron chi connectivity index (χ0n) is 9.43. The molecule has 0 aromatic heterocycles. The predicted octanol–water partition coefficient (Wildman–Crippen LogP) is 3.52. The molecule has 1 rings (SSSR count). The van der Waals surface area contributed by atoms with Crippen molar-refractivity contribution in [2.75, 3.05) is 6.54 Å². The quantitative estimate of drug-likeness (QED) is 0.842. The van der Waals surface area contributed by atoms with Crippen molar-refractivity contribution in [3.63, 3.8) is 0 Å². The van der Waals surface area contributed by atoms with E-state index in [1.54, 1.807) is 6.07 Å². The van der Waals surface area contributed by atoms with E-state index in [2.05, 4.69) is 0 Å². The Hall–Kier alpha value is -1.03. The molecule has 16 heavy (non-hydrogen) atoms. The maximum atomic E-state index is 13.5. The second-order valence-corrected chi connectivity index (χ2v) is 4.01. The smallest absolute Gasteiger partial charge is 0.266 e. The number of halogens is 3. The number of hydrogen-bond acceptors (Lipinski definition) is 1. The Morgan fingerprint density at radius 1 is 1.31 bits per heavy atom. The SMILES string of the molecule is Cc1cc(C(C)CCN)cc(F)c1C(F)F. The zero-order chi connectivity index (χ0) is 12.3. The third-order valence-corrected chi connectivity index (χ3v) is 2.75. The van der Waals surface area contributed by atoms with E-state index in [0.29, 0.717) is 18.5 Å². The molecule has 0 saturated carbocycles. The van der Waals surface area contributed by atoms with Crippen molar-refractivity contribution < 1.29 is 13.2 Å². The van der Waals surface area contributed by atoms with Crippen molar-refractivity contribution >= 4 is 0 Å². The number of rotatable bonds is 4. The first-order chi connectivity index (χ1) is 7.47. The fourth-order valence-electron chi connectivity index (χ4n) is 1.76. The van der Waals surface area contributed by atoms with Crippen LogP contribution in [0.5, 0.6) is 0 Å². The molecule has 0 aliphatic carbocycles. The van der Waals surface area contributed by atoms with Crippen molar-refractivity contribution in [2.24, 2.45) is 5.73 Å². The summed E-state index contributed by atoms with van der Waals surface area (Å²) < 4.78 is 38.5. The van der Waals surface area contributed by atoms with Gasteiger partial charge in [-0.2, -0.15) is 0 Å². The maximum absolute atomic E-state index is 13.5. The standard InChI is InChI=1S/C12H16F3N/c1-7(3-4-16)9-5-8(2)11(12(14)15)10(13)6-9/h5-7,12H,3-4,16H2,1-2H3. The lowest BCUT2D eigenvalue weighted by molar-refractivity contribution is 0.145. The molecule has 0 radical (unpaired) electrons. The molecule has 0 aliphatic rings. The molecule has 0 spiro atoms. The van der Waals surface area contributed by atoms with Crippen LogP contribution in [0.1, 0.15) is 42.4 Å². The van der Waals surface area contributed by atoms with Gasteiger partial charge in [0.25, 0.3) is 6.43 Å². The molecule has 90 valence electrons. The summed E-state index contributed by atoms with van der Waals surface area (Å²) in [6, 6.07) is 2.81. The number of aryl methyl sites for hydroxylation is 1. The van der Waals surface area contributed by atoms with E-state index in [1.165, 1.54) is 13.0 Å². The summed E-state index contributed by atoms with van der Waals surface area (Å²) in [4.78, 5) is 0. The lowest BCUT2D eigenvalue weighted by Gasteiger charge is -2.14. The molecule has 1 nitrogen and oxygen atoms in total. The lowest BCUT2D eigenvalue weighted by atomic mass is 9.94. The van der Waals surface area contributed by atoms with Crippen LogP contribution in [0.4, 0.5) is 13.2 Å². The van der Waals surface area contributed by atoms with E-state index in [-0.39, 0.29) is 5.92 Å². The topological polar surface area (TPSA) is 26.0 Å². The first-order valence-corrected chi connectivity index (χ1v) is 5.25. The van der Waals surface area contributed by atoms with E-state index in [4.69, 9.17) is 5.73 Å². The van der Waals surface area contributed by atoms with Crippen LogP contribution in [-0.2, 0) is 0 Å². The third kappa shape index (κ3) is 2.76. The second kappa shape index (κ2) is 5.34. The summed E-state index contributed by atoms with van der Waals surface area (Å²) in [5.41, 5.74) is 5.94. The van der Waals surface area contributed by atoms with Crippen LogP contribution < -0.4 is 5.73 Å². The summed E-state index contributed by atoms with van der Waals surface area (Å²) in [6.45, 7) is 3.91. The molecule has 0 aliphatic heterocycles. The van der Waals surface area contributed by atoms with E-state index in [1.807, 2.05) is 6.92 Å². The molecule has 2 N–H and O–H groups in total. The van der Waals surface area contributed by atoms with Crippen molar-refractivity contribution in [3.8, 4) is 0 Å². The van der Waals surface area contributed by atoms with Gasteiger partial charge in [-0.1, -0.05) is 13.0 Å². The van der Waals surface area contributed by atoms with Gasteiger partial charge in [0.1, 0.15) is 5.82 Å². The fourth-order valence-corrected chi connectivity index (χ4v) is 1.76. The van der Waals surface area contributed by atoms with Crippen LogP contribution in [-0.4, -0.2) is 6.54 Å².